The van der Waals surface area contributed by atoms with Crippen LogP contribution >= 0.6 is 0 Å². The van der Waals surface area contributed by atoms with E-state index < -0.39 is 0 Å². The van der Waals surface area contributed by atoms with Crippen LogP contribution in [0.15, 0.2) is 18.5 Å². The van der Waals surface area contributed by atoms with Crippen molar-refractivity contribution in [2.75, 3.05) is 31.4 Å². The van der Waals surface area contributed by atoms with Crippen molar-refractivity contribution < 1.29 is 0 Å². The second kappa shape index (κ2) is 6.26. The Hall–Kier alpha value is -2.26. The second-order valence-corrected chi connectivity index (χ2v) is 4.69. The predicted octanol–water partition coefficient (Wildman–Crippen LogP) is -0.295. The first kappa shape index (κ1) is 14.2. The number of likely N-dealkylation sites (N-methyl/N-ethyl adjacent to an activating group) is 1. The van der Waals surface area contributed by atoms with E-state index in [0.717, 1.165) is 6.54 Å². The number of nitrogens with zero attached hydrogens (tertiary/aromatic N) is 6. The molecule has 108 valence electrons. The minimum absolute atomic E-state index is 0.184. The molecule has 0 fully saturated rings. The third-order valence-corrected chi connectivity index (χ3v) is 2.48. The summed E-state index contributed by atoms with van der Waals surface area (Å²) in [6.07, 6.45) is 3.41. The summed E-state index contributed by atoms with van der Waals surface area (Å²) in [7, 11) is 4.02. The lowest BCUT2D eigenvalue weighted by atomic mass is 10.3. The summed E-state index contributed by atoms with van der Waals surface area (Å²) in [5.74, 6) is 6.52. The second-order valence-electron chi connectivity index (χ2n) is 4.69. The first-order chi connectivity index (χ1) is 9.58. The Balaban J connectivity index is 2.22. The monoisotopic (exact) mass is 277 g/mol. The number of hydrogen-bond acceptors (Lipinski definition) is 8. The van der Waals surface area contributed by atoms with E-state index in [9.17, 15) is 0 Å². The van der Waals surface area contributed by atoms with Gasteiger partial charge in [-0.2, -0.15) is 20.1 Å². The lowest BCUT2D eigenvalue weighted by molar-refractivity contribution is 0.391. The van der Waals surface area contributed by atoms with Gasteiger partial charge in [0.2, 0.25) is 11.9 Å². The number of nitrogens with one attached hydrogen (secondary N) is 2. The lowest BCUT2D eigenvalue weighted by Gasteiger charge is -2.18. The highest BCUT2D eigenvalue weighted by atomic mass is 15.4. The highest BCUT2D eigenvalue weighted by Gasteiger charge is 2.10. The topological polar surface area (TPSA) is 110 Å². The van der Waals surface area contributed by atoms with Crippen molar-refractivity contribution in [2.24, 2.45) is 5.84 Å². The molecule has 1 unspecified atom stereocenters. The summed E-state index contributed by atoms with van der Waals surface area (Å²) in [5.41, 5.74) is 2.43. The highest BCUT2D eigenvalue weighted by Crippen LogP contribution is 2.09. The molecule has 2 aromatic heterocycles. The normalized spacial score (nSPS) is 12.4. The molecule has 0 saturated carbocycles. The van der Waals surface area contributed by atoms with Crippen molar-refractivity contribution in [3.05, 3.63) is 18.5 Å². The van der Waals surface area contributed by atoms with Gasteiger partial charge in [-0.25, -0.2) is 10.5 Å². The molecule has 2 rings (SSSR count). The van der Waals surface area contributed by atoms with E-state index in [1.54, 1.807) is 23.1 Å². The molecule has 0 amide bonds. The molecule has 0 spiro atoms. The Kier molecular flexibility index (Phi) is 4.43. The van der Waals surface area contributed by atoms with E-state index in [-0.39, 0.29) is 12.0 Å². The molecule has 9 nitrogen and oxygen atoms in total. The minimum atomic E-state index is 0.184. The highest BCUT2D eigenvalue weighted by molar-refractivity contribution is 5.37. The van der Waals surface area contributed by atoms with Crippen molar-refractivity contribution in [1.29, 1.82) is 0 Å². The van der Waals surface area contributed by atoms with E-state index in [1.807, 2.05) is 21.0 Å². The third-order valence-electron chi connectivity index (χ3n) is 2.48. The molecule has 0 aliphatic rings. The average molecular weight is 277 g/mol. The van der Waals surface area contributed by atoms with Gasteiger partial charge in [0, 0.05) is 25.0 Å². The standard InChI is InChI=1S/C11H19N9/c1-8(7-19(2)3)14-9-15-10(18-12)17-11(16-9)20-6-4-5-13-20/h4-6,8H,7,12H2,1-3H3,(H2,14,15,16,17,18). The first-order valence-corrected chi connectivity index (χ1v) is 6.22. The first-order valence-electron chi connectivity index (χ1n) is 6.22. The fraction of sp³-hybridized carbons (Fsp3) is 0.455. The molecule has 0 saturated heterocycles. The van der Waals surface area contributed by atoms with Crippen LogP contribution in [0.1, 0.15) is 6.92 Å². The van der Waals surface area contributed by atoms with Crippen LogP contribution in [0, 0.1) is 0 Å². The molecule has 0 aliphatic carbocycles. The van der Waals surface area contributed by atoms with Crippen LogP contribution in [0.3, 0.4) is 0 Å². The van der Waals surface area contributed by atoms with Crippen LogP contribution in [-0.4, -0.2) is 56.3 Å². The minimum Gasteiger partial charge on any atom is -0.350 e. The van der Waals surface area contributed by atoms with Crippen LogP contribution in [-0.2, 0) is 0 Å². The van der Waals surface area contributed by atoms with Gasteiger partial charge in [-0.3, -0.25) is 5.43 Å². The summed E-state index contributed by atoms with van der Waals surface area (Å²) in [6.45, 7) is 2.90. The van der Waals surface area contributed by atoms with Crippen LogP contribution < -0.4 is 16.6 Å². The number of nitrogens with two attached hydrogens (primary N) is 1. The number of nitrogen functional groups attached to an aromatic ring is 1. The van der Waals surface area contributed by atoms with E-state index >= 15 is 0 Å². The zero-order chi connectivity index (χ0) is 14.5. The van der Waals surface area contributed by atoms with Gasteiger partial charge in [0.05, 0.1) is 0 Å². The van der Waals surface area contributed by atoms with Crippen molar-refractivity contribution in [3.8, 4) is 5.95 Å². The number of hydrogen-bond donors (Lipinski definition) is 3. The number of anilines is 2. The summed E-state index contributed by atoms with van der Waals surface area (Å²) in [5, 5.41) is 7.30. The van der Waals surface area contributed by atoms with E-state index in [1.165, 1.54) is 0 Å². The summed E-state index contributed by atoms with van der Waals surface area (Å²) >= 11 is 0. The molecule has 2 heterocycles. The van der Waals surface area contributed by atoms with Gasteiger partial charge in [-0.05, 0) is 27.1 Å². The van der Waals surface area contributed by atoms with Crippen molar-refractivity contribution in [3.63, 3.8) is 0 Å². The fourth-order valence-corrected chi connectivity index (χ4v) is 1.80. The largest absolute Gasteiger partial charge is 0.350 e. The molecule has 1 atom stereocenters. The van der Waals surface area contributed by atoms with Gasteiger partial charge < -0.3 is 10.2 Å². The zero-order valence-corrected chi connectivity index (χ0v) is 11.8. The molecular weight excluding hydrogens is 258 g/mol. The summed E-state index contributed by atoms with van der Waals surface area (Å²) in [4.78, 5) is 14.7. The number of hydrazine groups is 1. The van der Waals surface area contributed by atoms with E-state index in [4.69, 9.17) is 5.84 Å². The molecule has 0 aromatic carbocycles. The van der Waals surface area contributed by atoms with Gasteiger partial charge in [0.25, 0.3) is 5.95 Å². The van der Waals surface area contributed by atoms with Crippen molar-refractivity contribution in [1.82, 2.24) is 29.6 Å². The maximum atomic E-state index is 5.38. The Morgan fingerprint density at radius 2 is 2.05 bits per heavy atom. The van der Waals surface area contributed by atoms with Crippen molar-refractivity contribution in [2.45, 2.75) is 13.0 Å². The van der Waals surface area contributed by atoms with Gasteiger partial charge >= 0.3 is 0 Å². The smallest absolute Gasteiger partial charge is 0.257 e. The summed E-state index contributed by atoms with van der Waals surface area (Å²) < 4.78 is 1.55. The predicted molar refractivity (Wildman–Crippen MR) is 76.4 cm³/mol. The van der Waals surface area contributed by atoms with Gasteiger partial charge in [0.15, 0.2) is 0 Å². The number of rotatable bonds is 6. The molecule has 2 aromatic rings. The number of aromatic nitrogens is 5. The maximum Gasteiger partial charge on any atom is 0.257 e. The molecule has 0 aliphatic heterocycles. The summed E-state index contributed by atoms with van der Waals surface area (Å²) in [6, 6.07) is 1.98. The molecule has 9 heteroatoms. The van der Waals surface area contributed by atoms with E-state index in [0.29, 0.717) is 11.9 Å². The molecular formula is C11H19N9. The average Bonchev–Trinajstić information content (AvgIpc) is 2.91. The zero-order valence-electron chi connectivity index (χ0n) is 11.8. The van der Waals surface area contributed by atoms with Crippen LogP contribution in [0.25, 0.3) is 5.95 Å². The van der Waals surface area contributed by atoms with Crippen LogP contribution in [0.5, 0.6) is 0 Å². The van der Waals surface area contributed by atoms with Gasteiger partial charge in [0.1, 0.15) is 0 Å². The third kappa shape index (κ3) is 3.62. The van der Waals surface area contributed by atoms with Gasteiger partial charge in [-0.1, -0.05) is 0 Å². The quantitative estimate of drug-likeness (QED) is 0.488. The molecule has 20 heavy (non-hydrogen) atoms. The van der Waals surface area contributed by atoms with Gasteiger partial charge in [-0.15, -0.1) is 0 Å². The Morgan fingerprint density at radius 3 is 2.65 bits per heavy atom. The molecule has 0 radical (unpaired) electrons. The Morgan fingerprint density at radius 1 is 1.30 bits per heavy atom. The SMILES string of the molecule is CC(CN(C)C)Nc1nc(NN)nc(-n2cccn2)n1. The maximum absolute atomic E-state index is 5.38. The molecule has 4 N–H and O–H groups in total. The van der Waals surface area contributed by atoms with E-state index in [2.05, 4.69) is 35.7 Å². The van der Waals surface area contributed by atoms with Crippen LogP contribution in [0.2, 0.25) is 0 Å². The van der Waals surface area contributed by atoms with Crippen LogP contribution in [0.4, 0.5) is 11.9 Å². The van der Waals surface area contributed by atoms with Crippen molar-refractivity contribution >= 4 is 11.9 Å². The Bertz CT molecular complexity index is 537. The lowest BCUT2D eigenvalue weighted by Crippen LogP contribution is -2.30. The fourth-order valence-electron chi connectivity index (χ4n) is 1.80. The molecule has 0 bridgehead atoms. The Labute approximate surface area is 117 Å².